The lowest BCUT2D eigenvalue weighted by molar-refractivity contribution is -0.131. The van der Waals surface area contributed by atoms with Crippen LogP contribution in [0.1, 0.15) is 0 Å². The van der Waals surface area contributed by atoms with Gasteiger partial charge >= 0.3 is 5.97 Å². The fourth-order valence-electron chi connectivity index (χ4n) is 0.648. The van der Waals surface area contributed by atoms with E-state index in [-0.39, 0.29) is 0 Å². The maximum Gasteiger partial charge on any atom is 0.328 e. The van der Waals surface area contributed by atoms with Crippen LogP contribution in [0, 0.1) is 0 Å². The molecule has 0 spiro atoms. The van der Waals surface area contributed by atoms with Gasteiger partial charge < -0.3 is 15.3 Å². The van der Waals surface area contributed by atoms with Crippen LogP contribution in [-0.2, 0) is 4.79 Å². The number of carboxylic acid groups (broad SMARTS) is 1. The highest BCUT2D eigenvalue weighted by Gasteiger charge is 1.88. The van der Waals surface area contributed by atoms with Crippen molar-refractivity contribution in [2.45, 2.75) is 0 Å². The summed E-state index contributed by atoms with van der Waals surface area (Å²) in [4.78, 5) is 12.1. The van der Waals surface area contributed by atoms with Crippen LogP contribution >= 0.6 is 0 Å². The van der Waals surface area contributed by atoms with Crippen molar-refractivity contribution >= 4 is 5.97 Å². The van der Waals surface area contributed by atoms with Crippen LogP contribution in [0.4, 0.5) is 0 Å². The van der Waals surface area contributed by atoms with E-state index in [1.165, 1.54) is 0 Å². The van der Waals surface area contributed by atoms with E-state index in [2.05, 4.69) is 10.2 Å². The standard InChI is InChI=1S/C8H16N2O2/c1-10(2)7-6-9-5-3-4-8(11)12/h3-4,9H,5-7H2,1-2H3,(H,11,12)/b4-3+. The molecule has 4 heteroatoms. The quantitative estimate of drug-likeness (QED) is 0.429. The van der Waals surface area contributed by atoms with Gasteiger partial charge in [0, 0.05) is 25.7 Å². The number of hydrogen-bond donors (Lipinski definition) is 2. The van der Waals surface area contributed by atoms with Gasteiger partial charge in [-0.1, -0.05) is 6.08 Å². The van der Waals surface area contributed by atoms with Crippen LogP contribution in [0.3, 0.4) is 0 Å². The van der Waals surface area contributed by atoms with Gasteiger partial charge in [0.05, 0.1) is 0 Å². The van der Waals surface area contributed by atoms with E-state index >= 15 is 0 Å². The lowest BCUT2D eigenvalue weighted by atomic mass is 10.4. The highest BCUT2D eigenvalue weighted by Crippen LogP contribution is 1.73. The van der Waals surface area contributed by atoms with Crippen molar-refractivity contribution in [2.24, 2.45) is 0 Å². The Morgan fingerprint density at radius 3 is 2.75 bits per heavy atom. The van der Waals surface area contributed by atoms with Crippen LogP contribution in [0.5, 0.6) is 0 Å². The summed E-state index contributed by atoms with van der Waals surface area (Å²) in [7, 11) is 3.99. The first-order valence-corrected chi connectivity index (χ1v) is 3.88. The highest BCUT2D eigenvalue weighted by atomic mass is 16.4. The Balaban J connectivity index is 3.16. The van der Waals surface area contributed by atoms with Crippen molar-refractivity contribution in [2.75, 3.05) is 33.7 Å². The van der Waals surface area contributed by atoms with Gasteiger partial charge in [-0.3, -0.25) is 0 Å². The van der Waals surface area contributed by atoms with Crippen molar-refractivity contribution in [3.8, 4) is 0 Å². The van der Waals surface area contributed by atoms with Gasteiger partial charge in [-0.2, -0.15) is 0 Å². The molecular weight excluding hydrogens is 156 g/mol. The van der Waals surface area contributed by atoms with E-state index in [4.69, 9.17) is 5.11 Å². The fourth-order valence-corrected chi connectivity index (χ4v) is 0.648. The Morgan fingerprint density at radius 1 is 1.58 bits per heavy atom. The van der Waals surface area contributed by atoms with E-state index in [9.17, 15) is 4.79 Å². The molecule has 0 aliphatic rings. The number of carboxylic acids is 1. The lowest BCUT2D eigenvalue weighted by Gasteiger charge is -2.08. The maximum atomic E-state index is 10.0. The monoisotopic (exact) mass is 172 g/mol. The number of aliphatic carboxylic acids is 1. The van der Waals surface area contributed by atoms with Gasteiger partial charge in [-0.25, -0.2) is 4.79 Å². The Morgan fingerprint density at radius 2 is 2.25 bits per heavy atom. The van der Waals surface area contributed by atoms with Gasteiger partial charge in [-0.05, 0) is 14.1 Å². The number of carbonyl (C=O) groups is 1. The number of rotatable bonds is 6. The summed E-state index contributed by atoms with van der Waals surface area (Å²) in [5, 5.41) is 11.3. The SMILES string of the molecule is CN(C)CCNC/C=C/C(=O)O. The molecule has 0 radical (unpaired) electrons. The second kappa shape index (κ2) is 6.82. The van der Waals surface area contributed by atoms with E-state index in [0.717, 1.165) is 19.2 Å². The molecule has 0 aromatic heterocycles. The molecule has 0 aromatic rings. The molecule has 12 heavy (non-hydrogen) atoms. The smallest absolute Gasteiger partial charge is 0.328 e. The molecule has 0 aliphatic carbocycles. The average molecular weight is 172 g/mol. The zero-order valence-corrected chi connectivity index (χ0v) is 7.58. The second-order valence-corrected chi connectivity index (χ2v) is 2.75. The predicted octanol–water partition coefficient (Wildman–Crippen LogP) is -0.222. The van der Waals surface area contributed by atoms with Gasteiger partial charge in [0.25, 0.3) is 0 Å². The van der Waals surface area contributed by atoms with Crippen LogP contribution in [-0.4, -0.2) is 49.7 Å². The summed E-state index contributed by atoms with van der Waals surface area (Å²) in [6.45, 7) is 2.44. The van der Waals surface area contributed by atoms with Crippen LogP contribution in [0.2, 0.25) is 0 Å². The molecule has 0 unspecified atom stereocenters. The summed E-state index contributed by atoms with van der Waals surface area (Å²) < 4.78 is 0. The molecular formula is C8H16N2O2. The summed E-state index contributed by atoms with van der Waals surface area (Å²) >= 11 is 0. The van der Waals surface area contributed by atoms with E-state index in [1.54, 1.807) is 6.08 Å². The lowest BCUT2D eigenvalue weighted by Crippen LogP contribution is -2.26. The minimum Gasteiger partial charge on any atom is -0.478 e. The normalized spacial score (nSPS) is 11.2. The van der Waals surface area contributed by atoms with Crippen molar-refractivity contribution in [1.82, 2.24) is 10.2 Å². The average Bonchev–Trinajstić information content (AvgIpc) is 1.95. The topological polar surface area (TPSA) is 52.6 Å². The molecule has 0 saturated carbocycles. The molecule has 0 aromatic carbocycles. The van der Waals surface area contributed by atoms with Crippen molar-refractivity contribution in [3.63, 3.8) is 0 Å². The van der Waals surface area contributed by atoms with Crippen LogP contribution < -0.4 is 5.32 Å². The molecule has 2 N–H and O–H groups in total. The van der Waals surface area contributed by atoms with Crippen LogP contribution in [0.15, 0.2) is 12.2 Å². The summed E-state index contributed by atoms with van der Waals surface area (Å²) in [6, 6.07) is 0. The number of likely N-dealkylation sites (N-methyl/N-ethyl adjacent to an activating group) is 1. The number of hydrogen-bond acceptors (Lipinski definition) is 3. The van der Waals surface area contributed by atoms with Crippen molar-refractivity contribution < 1.29 is 9.90 Å². The molecule has 0 atom stereocenters. The first-order valence-electron chi connectivity index (χ1n) is 3.88. The third-order valence-corrected chi connectivity index (χ3v) is 1.26. The van der Waals surface area contributed by atoms with E-state index < -0.39 is 5.97 Å². The van der Waals surface area contributed by atoms with Gasteiger partial charge in [0.15, 0.2) is 0 Å². The molecule has 0 fully saturated rings. The minimum atomic E-state index is -0.899. The Hall–Kier alpha value is -0.870. The molecule has 0 bridgehead atoms. The Kier molecular flexibility index (Phi) is 6.32. The third kappa shape index (κ3) is 9.13. The van der Waals surface area contributed by atoms with E-state index in [0.29, 0.717) is 6.54 Å². The molecule has 0 heterocycles. The summed E-state index contributed by atoms with van der Waals surface area (Å²) in [5.41, 5.74) is 0. The molecule has 0 aliphatic heterocycles. The van der Waals surface area contributed by atoms with E-state index in [1.807, 2.05) is 14.1 Å². The molecule has 0 rings (SSSR count). The molecule has 70 valence electrons. The summed E-state index contributed by atoms with van der Waals surface area (Å²) in [5.74, 6) is -0.899. The van der Waals surface area contributed by atoms with Crippen molar-refractivity contribution in [3.05, 3.63) is 12.2 Å². The molecule has 0 saturated heterocycles. The molecule has 4 nitrogen and oxygen atoms in total. The third-order valence-electron chi connectivity index (χ3n) is 1.26. The zero-order chi connectivity index (χ0) is 9.40. The fraction of sp³-hybridized carbons (Fsp3) is 0.625. The van der Waals surface area contributed by atoms with Gasteiger partial charge in [0.1, 0.15) is 0 Å². The molecule has 0 amide bonds. The maximum absolute atomic E-state index is 10.0. The van der Waals surface area contributed by atoms with Crippen molar-refractivity contribution in [1.29, 1.82) is 0 Å². The van der Waals surface area contributed by atoms with Gasteiger partial charge in [-0.15, -0.1) is 0 Å². The Bertz CT molecular complexity index is 155. The highest BCUT2D eigenvalue weighted by molar-refractivity contribution is 5.79. The number of nitrogens with one attached hydrogen (secondary N) is 1. The largest absolute Gasteiger partial charge is 0.478 e. The Labute approximate surface area is 72.9 Å². The minimum absolute atomic E-state index is 0.611. The first kappa shape index (κ1) is 11.1. The predicted molar refractivity (Wildman–Crippen MR) is 48.2 cm³/mol. The second-order valence-electron chi connectivity index (χ2n) is 2.75. The first-order chi connectivity index (χ1) is 5.63. The summed E-state index contributed by atoms with van der Waals surface area (Å²) in [6.07, 6.45) is 2.74. The number of nitrogens with zero attached hydrogens (tertiary/aromatic N) is 1. The van der Waals surface area contributed by atoms with Crippen LogP contribution in [0.25, 0.3) is 0 Å². The van der Waals surface area contributed by atoms with Gasteiger partial charge in [0.2, 0.25) is 0 Å². The zero-order valence-electron chi connectivity index (χ0n) is 7.58.